The molecule has 8 heteroatoms. The molecule has 0 saturated carbocycles. The number of hydrogen-bond acceptors (Lipinski definition) is 5. The molecule has 0 aliphatic heterocycles. The number of thioether (sulfide) groups is 1. The van der Waals surface area contributed by atoms with E-state index in [1.165, 1.54) is 28.7 Å². The van der Waals surface area contributed by atoms with Crippen LogP contribution in [-0.2, 0) is 4.79 Å². The van der Waals surface area contributed by atoms with Gasteiger partial charge in [0.1, 0.15) is 0 Å². The molecule has 4 rings (SSSR count). The Morgan fingerprint density at radius 2 is 1.73 bits per heavy atom. The minimum absolute atomic E-state index is 0.0676. The summed E-state index contributed by atoms with van der Waals surface area (Å²) in [5.74, 6) is -0.0673. The molecule has 33 heavy (non-hydrogen) atoms. The molecular weight excluding hydrogens is 474 g/mol. The van der Waals surface area contributed by atoms with Gasteiger partial charge in [-0.1, -0.05) is 53.2 Å². The van der Waals surface area contributed by atoms with E-state index in [0.717, 1.165) is 31.4 Å². The van der Waals surface area contributed by atoms with Crippen LogP contribution in [0.1, 0.15) is 27.0 Å². The van der Waals surface area contributed by atoms with Crippen molar-refractivity contribution in [3.8, 4) is 0 Å². The Labute approximate surface area is 205 Å². The van der Waals surface area contributed by atoms with Crippen molar-refractivity contribution in [2.24, 2.45) is 0 Å². The van der Waals surface area contributed by atoms with Crippen LogP contribution in [0.15, 0.2) is 58.9 Å². The van der Waals surface area contributed by atoms with Gasteiger partial charge < -0.3 is 10.6 Å². The average Bonchev–Trinajstić information content (AvgIpc) is 3.17. The smallest absolute Gasteiger partial charge is 0.257 e. The molecule has 5 nitrogen and oxygen atoms in total. The lowest BCUT2D eigenvalue weighted by atomic mass is 10.1. The van der Waals surface area contributed by atoms with Gasteiger partial charge in [-0.05, 0) is 62.2 Å². The fraction of sp³-hybridized carbons (Fsp3) is 0.160. The molecule has 0 saturated heterocycles. The van der Waals surface area contributed by atoms with Crippen molar-refractivity contribution in [2.45, 2.75) is 25.1 Å². The first-order valence-corrected chi connectivity index (χ1v) is 12.4. The lowest BCUT2D eigenvalue weighted by Crippen LogP contribution is -2.15. The predicted molar refractivity (Wildman–Crippen MR) is 139 cm³/mol. The van der Waals surface area contributed by atoms with Gasteiger partial charge in [0.25, 0.3) is 5.91 Å². The van der Waals surface area contributed by atoms with Crippen LogP contribution in [0.4, 0.5) is 11.4 Å². The number of rotatable bonds is 6. The predicted octanol–water partition coefficient (Wildman–Crippen LogP) is 6.86. The van der Waals surface area contributed by atoms with Crippen molar-refractivity contribution < 1.29 is 9.59 Å². The summed E-state index contributed by atoms with van der Waals surface area (Å²) in [6.45, 7) is 6.04. The number of carbonyl (C=O) groups is 2. The summed E-state index contributed by atoms with van der Waals surface area (Å²) in [4.78, 5) is 29.6. The molecule has 0 aliphatic carbocycles. The van der Waals surface area contributed by atoms with Gasteiger partial charge >= 0.3 is 0 Å². The standard InChI is InChI=1S/C25H22ClN3O2S2/c1-14-10-15(2)23(16(3)11-14)29-22(30)13-32-25-28-20-9-8-17(12-21(20)33-25)27-24(31)18-6-4-5-7-19(18)26/h4-12H,13H2,1-3H3,(H,27,31)(H,29,30). The molecule has 3 aromatic carbocycles. The summed E-state index contributed by atoms with van der Waals surface area (Å²) in [6, 6.07) is 16.6. The number of aryl methyl sites for hydroxylation is 3. The Morgan fingerprint density at radius 3 is 2.45 bits per heavy atom. The lowest BCUT2D eigenvalue weighted by molar-refractivity contribution is -0.113. The molecule has 2 amide bonds. The van der Waals surface area contributed by atoms with Crippen LogP contribution in [0.5, 0.6) is 0 Å². The van der Waals surface area contributed by atoms with Gasteiger partial charge in [0.05, 0.1) is 26.6 Å². The molecule has 0 radical (unpaired) electrons. The Kier molecular flexibility index (Phi) is 7.02. The second-order valence-corrected chi connectivity index (χ2v) is 10.4. The monoisotopic (exact) mass is 495 g/mol. The normalized spacial score (nSPS) is 10.9. The van der Waals surface area contributed by atoms with Crippen LogP contribution in [0.3, 0.4) is 0 Å². The van der Waals surface area contributed by atoms with Crippen LogP contribution in [0, 0.1) is 20.8 Å². The van der Waals surface area contributed by atoms with Crippen LogP contribution in [0.25, 0.3) is 10.2 Å². The minimum Gasteiger partial charge on any atom is -0.325 e. The number of thiazole rings is 1. The number of amides is 2. The van der Waals surface area contributed by atoms with E-state index in [1.54, 1.807) is 30.3 Å². The minimum atomic E-state index is -0.266. The average molecular weight is 496 g/mol. The summed E-state index contributed by atoms with van der Waals surface area (Å²) in [5, 5.41) is 6.30. The van der Waals surface area contributed by atoms with Crippen LogP contribution < -0.4 is 10.6 Å². The quantitative estimate of drug-likeness (QED) is 0.287. The largest absolute Gasteiger partial charge is 0.325 e. The van der Waals surface area contributed by atoms with Crippen molar-refractivity contribution in [1.29, 1.82) is 0 Å². The number of nitrogens with zero attached hydrogens (tertiary/aromatic N) is 1. The molecule has 0 fully saturated rings. The van der Waals surface area contributed by atoms with Gasteiger partial charge in [-0.25, -0.2) is 4.98 Å². The lowest BCUT2D eigenvalue weighted by Gasteiger charge is -2.12. The Balaban J connectivity index is 1.41. The molecule has 168 valence electrons. The van der Waals surface area contributed by atoms with Gasteiger partial charge in [0.15, 0.2) is 4.34 Å². The fourth-order valence-corrected chi connectivity index (χ4v) is 5.70. The zero-order valence-corrected chi connectivity index (χ0v) is 20.8. The summed E-state index contributed by atoms with van der Waals surface area (Å²) >= 11 is 9.00. The number of benzene rings is 3. The maximum absolute atomic E-state index is 12.5. The van der Waals surface area contributed by atoms with Crippen molar-refractivity contribution in [3.63, 3.8) is 0 Å². The third-order valence-electron chi connectivity index (χ3n) is 5.01. The van der Waals surface area contributed by atoms with Gasteiger partial charge in [-0.2, -0.15) is 0 Å². The highest BCUT2D eigenvalue weighted by Crippen LogP contribution is 2.32. The third kappa shape index (κ3) is 5.55. The van der Waals surface area contributed by atoms with Gasteiger partial charge in [-0.15, -0.1) is 11.3 Å². The summed E-state index contributed by atoms with van der Waals surface area (Å²) in [6.07, 6.45) is 0. The summed E-state index contributed by atoms with van der Waals surface area (Å²) < 4.78 is 1.73. The zero-order valence-electron chi connectivity index (χ0n) is 18.4. The molecule has 1 aromatic heterocycles. The van der Waals surface area contributed by atoms with Crippen molar-refractivity contribution in [2.75, 3.05) is 16.4 Å². The number of anilines is 2. The number of aromatic nitrogens is 1. The Morgan fingerprint density at radius 1 is 1.00 bits per heavy atom. The van der Waals surface area contributed by atoms with E-state index >= 15 is 0 Å². The number of fused-ring (bicyclic) bond motifs is 1. The highest BCUT2D eigenvalue weighted by molar-refractivity contribution is 8.01. The topological polar surface area (TPSA) is 71.1 Å². The maximum atomic E-state index is 12.5. The Hall–Kier alpha value is -2.87. The van der Waals surface area contributed by atoms with Crippen LogP contribution in [-0.4, -0.2) is 22.6 Å². The summed E-state index contributed by atoms with van der Waals surface area (Å²) in [5.41, 5.74) is 6.06. The van der Waals surface area contributed by atoms with Gasteiger partial charge in [0.2, 0.25) is 5.91 Å². The van der Waals surface area contributed by atoms with Gasteiger partial charge in [-0.3, -0.25) is 9.59 Å². The van der Waals surface area contributed by atoms with Crippen LogP contribution in [0.2, 0.25) is 5.02 Å². The molecule has 0 bridgehead atoms. The molecule has 0 atom stereocenters. The highest BCUT2D eigenvalue weighted by Gasteiger charge is 2.13. The summed E-state index contributed by atoms with van der Waals surface area (Å²) in [7, 11) is 0. The van der Waals surface area contributed by atoms with Crippen LogP contribution >= 0.6 is 34.7 Å². The van der Waals surface area contributed by atoms with E-state index in [9.17, 15) is 9.59 Å². The van der Waals surface area contributed by atoms with E-state index in [1.807, 2.05) is 32.9 Å². The first kappa shape index (κ1) is 23.3. The molecule has 2 N–H and O–H groups in total. The Bertz CT molecular complexity index is 1340. The number of nitrogens with one attached hydrogen (secondary N) is 2. The first-order valence-electron chi connectivity index (χ1n) is 10.3. The van der Waals surface area contributed by atoms with E-state index < -0.39 is 0 Å². The number of carbonyl (C=O) groups excluding carboxylic acids is 2. The first-order chi connectivity index (χ1) is 15.8. The fourth-order valence-electron chi connectivity index (χ4n) is 3.57. The maximum Gasteiger partial charge on any atom is 0.257 e. The number of halogens is 1. The number of hydrogen-bond donors (Lipinski definition) is 2. The molecule has 0 aliphatic rings. The van der Waals surface area contributed by atoms with Crippen molar-refractivity contribution >= 4 is 68.1 Å². The van der Waals surface area contributed by atoms with Gasteiger partial charge in [0, 0.05) is 11.4 Å². The molecule has 0 spiro atoms. The highest BCUT2D eigenvalue weighted by atomic mass is 35.5. The van der Waals surface area contributed by atoms with E-state index in [4.69, 9.17) is 11.6 Å². The second kappa shape index (κ2) is 9.95. The SMILES string of the molecule is Cc1cc(C)c(NC(=O)CSc2nc3ccc(NC(=O)c4ccccc4Cl)cc3s2)c(C)c1. The van der Waals surface area contributed by atoms with E-state index in [0.29, 0.717) is 16.3 Å². The van der Waals surface area contributed by atoms with E-state index in [2.05, 4.69) is 27.8 Å². The van der Waals surface area contributed by atoms with Crippen molar-refractivity contribution in [3.05, 3.63) is 81.9 Å². The molecule has 0 unspecified atom stereocenters. The third-order valence-corrected chi connectivity index (χ3v) is 7.50. The van der Waals surface area contributed by atoms with E-state index in [-0.39, 0.29) is 17.6 Å². The zero-order chi connectivity index (χ0) is 23.5. The molecular formula is C25H22ClN3O2S2. The van der Waals surface area contributed by atoms with Crippen molar-refractivity contribution in [1.82, 2.24) is 4.98 Å². The second-order valence-electron chi connectivity index (χ2n) is 7.71. The molecule has 1 heterocycles. The molecule has 4 aromatic rings.